The van der Waals surface area contributed by atoms with E-state index in [-0.39, 0.29) is 17.5 Å². The Morgan fingerprint density at radius 3 is 2.90 bits per heavy atom. The summed E-state index contributed by atoms with van der Waals surface area (Å²) in [6.45, 7) is 6.51. The number of fused-ring (bicyclic) bond motifs is 1. The molecule has 1 aromatic heterocycles. The fourth-order valence-corrected chi connectivity index (χ4v) is 3.98. The van der Waals surface area contributed by atoms with E-state index in [9.17, 15) is 15.1 Å². The topological polar surface area (TPSA) is 135 Å². The standard InChI is InChI=1S/C21H24BN5O4/c1-11-6-15(7-16-12(2)13(3)22(29)31-19(11)16)25-21-17(20(24)28)9-27(26-21)18-10-30-5-4-14(18)8-23/h6-7,9,14,18,29H,4-5,10H2,1-3H3,(H2,24,28)(H,25,26)/t14-,18+/m0/s1. The van der Waals surface area contributed by atoms with Gasteiger partial charge in [-0.25, -0.2) is 0 Å². The van der Waals surface area contributed by atoms with Gasteiger partial charge in [0.15, 0.2) is 5.82 Å². The van der Waals surface area contributed by atoms with E-state index >= 15 is 0 Å². The third-order valence-corrected chi connectivity index (χ3v) is 5.96. The number of nitrogens with one attached hydrogen (secondary N) is 1. The molecule has 31 heavy (non-hydrogen) atoms. The summed E-state index contributed by atoms with van der Waals surface area (Å²) in [5.74, 6) is 0.0573. The number of nitrogens with two attached hydrogens (primary N) is 1. The molecule has 2 aliphatic heterocycles. The Bertz CT molecular complexity index is 1120. The van der Waals surface area contributed by atoms with E-state index in [1.165, 1.54) is 0 Å². The Hall–Kier alpha value is -3.29. The lowest BCUT2D eigenvalue weighted by Gasteiger charge is -2.27. The van der Waals surface area contributed by atoms with Crippen LogP contribution in [0.4, 0.5) is 11.5 Å². The van der Waals surface area contributed by atoms with Crippen LogP contribution in [0.3, 0.4) is 0 Å². The number of allylic oxidation sites excluding steroid dienone is 2. The molecule has 9 nitrogen and oxygen atoms in total. The van der Waals surface area contributed by atoms with Crippen LogP contribution in [0.1, 0.15) is 47.8 Å². The van der Waals surface area contributed by atoms with Gasteiger partial charge < -0.3 is 25.5 Å². The SMILES string of the molecule is CC1=C(C)c2cc(Nc3nn([C@@H]4COCC[C@H]4C#N)cc3C(N)=O)cc(C)c2OB1O. The molecule has 4 N–H and O–H groups in total. The molecule has 1 fully saturated rings. The quantitative estimate of drug-likeness (QED) is 0.645. The zero-order chi connectivity index (χ0) is 22.3. The summed E-state index contributed by atoms with van der Waals surface area (Å²) in [6, 6.07) is 5.75. The summed E-state index contributed by atoms with van der Waals surface area (Å²) >= 11 is 0. The number of nitriles is 1. The summed E-state index contributed by atoms with van der Waals surface area (Å²) in [5.41, 5.74) is 9.88. The van der Waals surface area contributed by atoms with E-state index < -0.39 is 13.0 Å². The van der Waals surface area contributed by atoms with Gasteiger partial charge in [0.2, 0.25) is 0 Å². The van der Waals surface area contributed by atoms with Crippen molar-refractivity contribution >= 4 is 30.1 Å². The number of aromatic nitrogens is 2. The number of ether oxygens (including phenoxy) is 1. The first kappa shape index (κ1) is 21.0. The maximum atomic E-state index is 12.1. The largest absolute Gasteiger partial charge is 0.555 e. The molecule has 0 spiro atoms. The highest BCUT2D eigenvalue weighted by Gasteiger charge is 2.31. The van der Waals surface area contributed by atoms with Crippen molar-refractivity contribution < 1.29 is 19.2 Å². The molecule has 2 atom stereocenters. The van der Waals surface area contributed by atoms with Crippen LogP contribution in [-0.4, -0.2) is 41.0 Å². The number of carbonyl (C=O) groups is 1. The second-order valence-electron chi connectivity index (χ2n) is 7.98. The fraction of sp³-hybridized carbons (Fsp3) is 0.381. The van der Waals surface area contributed by atoms with Crippen LogP contribution in [0, 0.1) is 24.2 Å². The Kier molecular flexibility index (Phi) is 5.47. The molecule has 0 bridgehead atoms. The van der Waals surface area contributed by atoms with Crippen LogP contribution < -0.4 is 15.7 Å². The number of hydrogen-bond acceptors (Lipinski definition) is 7. The Morgan fingerprint density at radius 1 is 1.42 bits per heavy atom. The lowest BCUT2D eigenvalue weighted by molar-refractivity contribution is 0.0342. The predicted octanol–water partition coefficient (Wildman–Crippen LogP) is 2.34. The fourth-order valence-electron chi connectivity index (χ4n) is 3.98. The van der Waals surface area contributed by atoms with Crippen LogP contribution in [0.25, 0.3) is 5.57 Å². The first-order valence-corrected chi connectivity index (χ1v) is 10.1. The highest BCUT2D eigenvalue weighted by Crippen LogP contribution is 2.39. The molecule has 4 rings (SSSR count). The first-order chi connectivity index (χ1) is 14.8. The first-order valence-electron chi connectivity index (χ1n) is 10.1. The van der Waals surface area contributed by atoms with E-state index in [2.05, 4.69) is 16.5 Å². The normalized spacial score (nSPS) is 20.7. The highest BCUT2D eigenvalue weighted by molar-refractivity contribution is 6.55. The van der Waals surface area contributed by atoms with Crippen molar-refractivity contribution in [3.63, 3.8) is 0 Å². The van der Waals surface area contributed by atoms with Gasteiger partial charge in [-0.15, -0.1) is 0 Å². The number of rotatable bonds is 4. The maximum Gasteiger partial charge on any atom is 0.555 e. The zero-order valence-corrected chi connectivity index (χ0v) is 17.7. The van der Waals surface area contributed by atoms with E-state index in [4.69, 9.17) is 15.1 Å². The Labute approximate surface area is 180 Å². The van der Waals surface area contributed by atoms with Crippen LogP contribution >= 0.6 is 0 Å². The average Bonchev–Trinajstić information content (AvgIpc) is 3.17. The van der Waals surface area contributed by atoms with Gasteiger partial charge in [-0.05, 0) is 55.9 Å². The van der Waals surface area contributed by atoms with Gasteiger partial charge >= 0.3 is 7.12 Å². The molecule has 0 unspecified atom stereocenters. The average molecular weight is 421 g/mol. The van der Waals surface area contributed by atoms with E-state index in [1.54, 1.807) is 10.9 Å². The summed E-state index contributed by atoms with van der Waals surface area (Å²) in [6.07, 6.45) is 2.17. The van der Waals surface area contributed by atoms with E-state index in [0.717, 1.165) is 22.2 Å². The van der Waals surface area contributed by atoms with Crippen LogP contribution in [0.15, 0.2) is 23.8 Å². The smallest absolute Gasteiger partial charge is 0.532 e. The maximum absolute atomic E-state index is 12.1. The number of amides is 1. The summed E-state index contributed by atoms with van der Waals surface area (Å²) in [7, 11) is -0.965. The molecular weight excluding hydrogens is 397 g/mol. The van der Waals surface area contributed by atoms with Crippen LogP contribution in [-0.2, 0) is 4.74 Å². The van der Waals surface area contributed by atoms with Crippen LogP contribution in [0.2, 0.25) is 0 Å². The number of primary amides is 1. The Morgan fingerprint density at radius 2 is 2.19 bits per heavy atom. The van der Waals surface area contributed by atoms with Crippen molar-refractivity contribution in [2.45, 2.75) is 33.2 Å². The minimum atomic E-state index is -0.965. The van der Waals surface area contributed by atoms with Crippen molar-refractivity contribution in [3.05, 3.63) is 40.5 Å². The third kappa shape index (κ3) is 3.78. The van der Waals surface area contributed by atoms with Gasteiger partial charge in [-0.2, -0.15) is 10.4 Å². The monoisotopic (exact) mass is 421 g/mol. The molecular formula is C21H24BN5O4. The second kappa shape index (κ2) is 8.09. The Balaban J connectivity index is 1.71. The van der Waals surface area contributed by atoms with Crippen LogP contribution in [0.5, 0.6) is 5.75 Å². The summed E-state index contributed by atoms with van der Waals surface area (Å²) in [4.78, 5) is 12.1. The van der Waals surface area contributed by atoms with Gasteiger partial charge in [0.05, 0.1) is 24.6 Å². The predicted molar refractivity (Wildman–Crippen MR) is 116 cm³/mol. The molecule has 3 heterocycles. The van der Waals surface area contributed by atoms with Gasteiger partial charge in [-0.1, -0.05) is 0 Å². The number of aryl methyl sites for hydroxylation is 1. The van der Waals surface area contributed by atoms with Crippen molar-refractivity contribution in [2.24, 2.45) is 11.7 Å². The lowest BCUT2D eigenvalue weighted by Crippen LogP contribution is -2.29. The molecule has 1 amide bonds. The minimum Gasteiger partial charge on any atom is -0.532 e. The number of nitrogens with zero attached hydrogens (tertiary/aromatic N) is 3. The van der Waals surface area contributed by atoms with Gasteiger partial charge in [0, 0.05) is 24.1 Å². The van der Waals surface area contributed by atoms with E-state index in [1.807, 2.05) is 32.9 Å². The number of carbonyl (C=O) groups excluding carboxylic acids is 1. The number of hydrogen-bond donors (Lipinski definition) is 3. The molecule has 10 heteroatoms. The zero-order valence-electron chi connectivity index (χ0n) is 17.7. The minimum absolute atomic E-state index is 0.229. The summed E-state index contributed by atoms with van der Waals surface area (Å²) < 4.78 is 12.8. The molecule has 0 aliphatic carbocycles. The molecule has 0 radical (unpaired) electrons. The lowest BCUT2D eigenvalue weighted by atomic mass is 9.73. The molecule has 1 saturated heterocycles. The third-order valence-electron chi connectivity index (χ3n) is 5.96. The van der Waals surface area contributed by atoms with Gasteiger partial charge in [0.25, 0.3) is 5.91 Å². The second-order valence-corrected chi connectivity index (χ2v) is 7.98. The van der Waals surface area contributed by atoms with Crippen molar-refractivity contribution in [1.29, 1.82) is 5.26 Å². The molecule has 0 saturated carbocycles. The summed E-state index contributed by atoms with van der Waals surface area (Å²) in [5, 5.41) is 27.3. The number of anilines is 2. The van der Waals surface area contributed by atoms with Crippen molar-refractivity contribution in [2.75, 3.05) is 18.5 Å². The van der Waals surface area contributed by atoms with Gasteiger partial charge in [-0.3, -0.25) is 9.48 Å². The van der Waals surface area contributed by atoms with Crippen molar-refractivity contribution in [1.82, 2.24) is 9.78 Å². The van der Waals surface area contributed by atoms with E-state index in [0.29, 0.717) is 36.9 Å². The highest BCUT2D eigenvalue weighted by atomic mass is 16.5. The van der Waals surface area contributed by atoms with Crippen molar-refractivity contribution in [3.8, 4) is 11.8 Å². The molecule has 160 valence electrons. The molecule has 2 aromatic rings. The number of benzene rings is 1. The van der Waals surface area contributed by atoms with Gasteiger partial charge in [0.1, 0.15) is 11.3 Å². The molecule has 1 aromatic carbocycles. The molecule has 2 aliphatic rings.